The van der Waals surface area contributed by atoms with Crippen molar-refractivity contribution in [2.45, 2.75) is 70.8 Å². The highest BCUT2D eigenvalue weighted by molar-refractivity contribution is 5.95. The topological polar surface area (TPSA) is 120 Å². The van der Waals surface area contributed by atoms with Crippen molar-refractivity contribution in [2.24, 2.45) is 16.7 Å². The highest BCUT2D eigenvalue weighted by Gasteiger charge is 2.60. The van der Waals surface area contributed by atoms with Gasteiger partial charge in [0.1, 0.15) is 0 Å². The van der Waals surface area contributed by atoms with Gasteiger partial charge in [0.15, 0.2) is 0 Å². The van der Waals surface area contributed by atoms with Crippen LogP contribution in [0.15, 0.2) is 24.3 Å². The van der Waals surface area contributed by atoms with E-state index in [9.17, 15) is 14.4 Å². The molecule has 4 amide bonds. The summed E-state index contributed by atoms with van der Waals surface area (Å²) in [6.07, 6.45) is 7.58. The van der Waals surface area contributed by atoms with Gasteiger partial charge in [-0.1, -0.05) is 13.8 Å². The molecule has 8 heteroatoms. The van der Waals surface area contributed by atoms with Crippen LogP contribution < -0.4 is 21.4 Å². The fourth-order valence-corrected chi connectivity index (χ4v) is 7.30. The standard InChI is InChI=1S/C24H34N4O4/c1-22-10-16-11-23(2,13-22)15-24(12-16,14-22)27-21(31)26-18-7-5-17(6-8-18)20(30)25-9-3-4-19(29)28-32/h5-8,16,32H,3-4,9-15H2,1-2H3,(H,25,30)(H,28,29)(H2,26,27,31). The highest BCUT2D eigenvalue weighted by atomic mass is 16.5. The maximum absolute atomic E-state index is 12.8. The third-order valence-corrected chi connectivity index (χ3v) is 7.40. The molecule has 4 aliphatic rings. The maximum atomic E-state index is 12.8. The smallest absolute Gasteiger partial charge is 0.319 e. The lowest BCUT2D eigenvalue weighted by Gasteiger charge is -2.65. The summed E-state index contributed by atoms with van der Waals surface area (Å²) in [5.41, 5.74) is 3.23. The molecule has 4 aliphatic carbocycles. The molecular weight excluding hydrogens is 408 g/mol. The molecule has 8 nitrogen and oxygen atoms in total. The number of urea groups is 1. The molecule has 0 heterocycles. The molecule has 0 radical (unpaired) electrons. The van der Waals surface area contributed by atoms with E-state index in [-0.39, 0.29) is 23.9 Å². The first kappa shape index (κ1) is 22.6. The van der Waals surface area contributed by atoms with Crippen LogP contribution in [0, 0.1) is 16.7 Å². The third-order valence-electron chi connectivity index (χ3n) is 7.40. The van der Waals surface area contributed by atoms with Gasteiger partial charge in [0.25, 0.3) is 5.91 Å². The summed E-state index contributed by atoms with van der Waals surface area (Å²) >= 11 is 0. The summed E-state index contributed by atoms with van der Waals surface area (Å²) in [7, 11) is 0. The Balaban J connectivity index is 1.29. The molecule has 4 saturated carbocycles. The molecule has 2 atom stereocenters. The molecule has 174 valence electrons. The molecule has 1 aromatic rings. The van der Waals surface area contributed by atoms with E-state index in [1.165, 1.54) is 19.3 Å². The second-order valence-electron chi connectivity index (χ2n) is 11.0. The zero-order chi connectivity index (χ0) is 23.0. The Labute approximate surface area is 188 Å². The number of hydrogen-bond donors (Lipinski definition) is 5. The van der Waals surface area contributed by atoms with Gasteiger partial charge in [-0.2, -0.15) is 0 Å². The van der Waals surface area contributed by atoms with Crippen molar-refractivity contribution < 1.29 is 19.6 Å². The summed E-state index contributed by atoms with van der Waals surface area (Å²) in [6, 6.07) is 6.58. The Hall–Kier alpha value is -2.61. The van der Waals surface area contributed by atoms with Gasteiger partial charge >= 0.3 is 6.03 Å². The lowest BCUT2D eigenvalue weighted by atomic mass is 9.43. The molecule has 5 N–H and O–H groups in total. The van der Waals surface area contributed by atoms with E-state index in [0.717, 1.165) is 19.3 Å². The SMILES string of the molecule is CC12CC3CC(C)(C1)CC(NC(=O)Nc1ccc(C(=O)NCCCC(=O)NO)cc1)(C3)C2. The lowest BCUT2D eigenvalue weighted by Crippen LogP contribution is -2.65. The average Bonchev–Trinajstić information content (AvgIpc) is 2.68. The van der Waals surface area contributed by atoms with Gasteiger partial charge in [0.05, 0.1) is 0 Å². The fraction of sp³-hybridized carbons (Fsp3) is 0.625. The molecule has 0 spiro atoms. The minimum absolute atomic E-state index is 0.111. The Morgan fingerprint density at radius 3 is 2.25 bits per heavy atom. The quantitative estimate of drug-likeness (QED) is 0.252. The monoisotopic (exact) mass is 442 g/mol. The van der Waals surface area contributed by atoms with Crippen LogP contribution in [-0.2, 0) is 4.79 Å². The second-order valence-corrected chi connectivity index (χ2v) is 11.0. The van der Waals surface area contributed by atoms with Crippen LogP contribution in [-0.4, -0.2) is 35.1 Å². The molecule has 1 aromatic carbocycles. The Bertz CT molecular complexity index is 882. The summed E-state index contributed by atoms with van der Waals surface area (Å²) < 4.78 is 0. The molecular formula is C24H34N4O4. The number of rotatable bonds is 7. The first-order chi connectivity index (χ1) is 15.1. The number of benzene rings is 1. The van der Waals surface area contributed by atoms with Crippen LogP contribution in [0.1, 0.15) is 75.6 Å². The van der Waals surface area contributed by atoms with Gasteiger partial charge < -0.3 is 16.0 Å². The molecule has 0 saturated heterocycles. The fourth-order valence-electron chi connectivity index (χ4n) is 7.30. The average molecular weight is 443 g/mol. The molecule has 0 aliphatic heterocycles. The van der Waals surface area contributed by atoms with E-state index in [4.69, 9.17) is 5.21 Å². The number of carbonyl (C=O) groups is 3. The van der Waals surface area contributed by atoms with Crippen LogP contribution in [0.3, 0.4) is 0 Å². The molecule has 2 unspecified atom stereocenters. The summed E-state index contributed by atoms with van der Waals surface area (Å²) in [5.74, 6) is -0.0254. The Morgan fingerprint density at radius 1 is 1.00 bits per heavy atom. The largest absolute Gasteiger partial charge is 0.352 e. The maximum Gasteiger partial charge on any atom is 0.319 e. The third kappa shape index (κ3) is 4.90. The van der Waals surface area contributed by atoms with E-state index >= 15 is 0 Å². The number of amides is 4. The number of hydrogen-bond acceptors (Lipinski definition) is 4. The number of anilines is 1. The summed E-state index contributed by atoms with van der Waals surface area (Å²) in [4.78, 5) is 36.0. The summed E-state index contributed by atoms with van der Waals surface area (Å²) in [6.45, 7) is 5.10. The number of nitrogens with one attached hydrogen (secondary N) is 4. The normalized spacial score (nSPS) is 32.3. The first-order valence-electron chi connectivity index (χ1n) is 11.5. The lowest BCUT2D eigenvalue weighted by molar-refractivity contribution is -0.129. The number of carbonyl (C=O) groups excluding carboxylic acids is 3. The summed E-state index contributed by atoms with van der Waals surface area (Å²) in [5, 5.41) is 17.4. The van der Waals surface area contributed by atoms with E-state index in [1.54, 1.807) is 29.7 Å². The molecule has 5 rings (SSSR count). The van der Waals surface area contributed by atoms with Crippen molar-refractivity contribution in [3.05, 3.63) is 29.8 Å². The Kier molecular flexibility index (Phi) is 5.92. The first-order valence-corrected chi connectivity index (χ1v) is 11.5. The molecule has 32 heavy (non-hydrogen) atoms. The van der Waals surface area contributed by atoms with Gasteiger partial charge in [0.2, 0.25) is 5.91 Å². The number of hydroxylamine groups is 1. The van der Waals surface area contributed by atoms with E-state index in [0.29, 0.717) is 41.0 Å². The minimum atomic E-state index is -0.482. The van der Waals surface area contributed by atoms with Crippen LogP contribution in [0.2, 0.25) is 0 Å². The van der Waals surface area contributed by atoms with Crippen LogP contribution in [0.5, 0.6) is 0 Å². The zero-order valence-corrected chi connectivity index (χ0v) is 18.9. The van der Waals surface area contributed by atoms with E-state index < -0.39 is 5.91 Å². The van der Waals surface area contributed by atoms with Crippen molar-refractivity contribution in [3.8, 4) is 0 Å². The van der Waals surface area contributed by atoms with Gasteiger partial charge in [-0.3, -0.25) is 14.8 Å². The zero-order valence-electron chi connectivity index (χ0n) is 18.9. The van der Waals surface area contributed by atoms with Gasteiger partial charge in [-0.25, -0.2) is 10.3 Å². The predicted molar refractivity (Wildman–Crippen MR) is 120 cm³/mol. The van der Waals surface area contributed by atoms with E-state index in [1.807, 2.05) is 0 Å². The molecule has 4 bridgehead atoms. The predicted octanol–water partition coefficient (Wildman–Crippen LogP) is 3.57. The van der Waals surface area contributed by atoms with Gasteiger partial charge in [-0.05, 0) is 86.0 Å². The van der Waals surface area contributed by atoms with Crippen molar-refractivity contribution in [3.63, 3.8) is 0 Å². The second kappa shape index (κ2) is 8.39. The Morgan fingerprint density at radius 2 is 1.66 bits per heavy atom. The van der Waals surface area contributed by atoms with Crippen molar-refractivity contribution in [1.82, 2.24) is 16.1 Å². The van der Waals surface area contributed by atoms with Crippen molar-refractivity contribution >= 4 is 23.5 Å². The minimum Gasteiger partial charge on any atom is -0.352 e. The molecule has 0 aromatic heterocycles. The van der Waals surface area contributed by atoms with Crippen LogP contribution in [0.4, 0.5) is 10.5 Å². The van der Waals surface area contributed by atoms with Crippen LogP contribution >= 0.6 is 0 Å². The van der Waals surface area contributed by atoms with Crippen molar-refractivity contribution in [2.75, 3.05) is 11.9 Å². The van der Waals surface area contributed by atoms with Gasteiger partial charge in [-0.15, -0.1) is 0 Å². The van der Waals surface area contributed by atoms with Gasteiger partial charge in [0, 0.05) is 29.8 Å². The van der Waals surface area contributed by atoms with Crippen LogP contribution in [0.25, 0.3) is 0 Å². The van der Waals surface area contributed by atoms with Crippen molar-refractivity contribution in [1.29, 1.82) is 0 Å². The highest BCUT2D eigenvalue weighted by Crippen LogP contribution is 2.66. The van der Waals surface area contributed by atoms with E-state index in [2.05, 4.69) is 29.8 Å². The molecule has 4 fully saturated rings.